The number of carboxylic acids is 3. The highest BCUT2D eigenvalue weighted by Crippen LogP contribution is 2.45. The molecule has 0 aliphatic heterocycles. The second kappa shape index (κ2) is 9.10. The number of aliphatic hydroxyl groups is 2. The molecule has 0 aromatic carbocycles. The lowest BCUT2D eigenvalue weighted by molar-refractivity contribution is -0.138. The lowest BCUT2D eigenvalue weighted by atomic mass is 10.0. The Morgan fingerprint density at radius 2 is 1.32 bits per heavy atom. The standard InChI is InChI=1S/C17H15NO13/c19-3-1-7(21)30-13-12(23)11-10(17(28)29)9(16(26)27)6(15(24)25)5-18(11)14(13)31-8(22)2-4-20/h5,19-20,23H,1-4H2,(H,24,25)(H,26,27)(H,28,29). The van der Waals surface area contributed by atoms with E-state index in [0.717, 1.165) is 0 Å². The van der Waals surface area contributed by atoms with Crippen LogP contribution in [0.3, 0.4) is 0 Å². The van der Waals surface area contributed by atoms with E-state index in [1.165, 1.54) is 0 Å². The number of aliphatic hydroxyl groups excluding tert-OH is 2. The summed E-state index contributed by atoms with van der Waals surface area (Å²) in [5.41, 5.74) is -4.26. The van der Waals surface area contributed by atoms with E-state index in [0.29, 0.717) is 10.6 Å². The summed E-state index contributed by atoms with van der Waals surface area (Å²) in [5, 5.41) is 56.4. The lowest BCUT2D eigenvalue weighted by Crippen LogP contribution is -2.18. The molecule has 166 valence electrons. The second-order valence-electron chi connectivity index (χ2n) is 5.81. The summed E-state index contributed by atoms with van der Waals surface area (Å²) >= 11 is 0. The Morgan fingerprint density at radius 1 is 0.806 bits per heavy atom. The number of carbonyl (C=O) groups is 5. The zero-order valence-corrected chi connectivity index (χ0v) is 15.4. The van der Waals surface area contributed by atoms with Crippen molar-refractivity contribution in [2.75, 3.05) is 13.2 Å². The molecule has 0 saturated heterocycles. The van der Waals surface area contributed by atoms with E-state index >= 15 is 0 Å². The van der Waals surface area contributed by atoms with Gasteiger partial charge < -0.3 is 40.1 Å². The third-order valence-electron chi connectivity index (χ3n) is 3.82. The van der Waals surface area contributed by atoms with E-state index in [1.54, 1.807) is 0 Å². The summed E-state index contributed by atoms with van der Waals surface area (Å²) in [6.45, 7) is -1.34. The predicted molar refractivity (Wildman–Crippen MR) is 94.6 cm³/mol. The van der Waals surface area contributed by atoms with Gasteiger partial charge in [-0.2, -0.15) is 0 Å². The van der Waals surface area contributed by atoms with E-state index in [2.05, 4.69) is 0 Å². The zero-order chi connectivity index (χ0) is 23.5. The molecular weight excluding hydrogens is 426 g/mol. The van der Waals surface area contributed by atoms with Crippen LogP contribution >= 0.6 is 0 Å². The van der Waals surface area contributed by atoms with Crippen molar-refractivity contribution >= 4 is 35.4 Å². The predicted octanol–water partition coefficient (Wildman–Crippen LogP) is -0.685. The minimum Gasteiger partial charge on any atom is -0.503 e. The van der Waals surface area contributed by atoms with E-state index in [-0.39, 0.29) is 0 Å². The Balaban J connectivity index is 2.99. The van der Waals surface area contributed by atoms with Crippen molar-refractivity contribution in [1.82, 2.24) is 4.40 Å². The monoisotopic (exact) mass is 441 g/mol. The molecule has 0 amide bonds. The number of aromatic carboxylic acids is 3. The largest absolute Gasteiger partial charge is 0.503 e. The summed E-state index contributed by atoms with van der Waals surface area (Å²) in [6, 6.07) is 0. The van der Waals surface area contributed by atoms with E-state index in [1.807, 2.05) is 0 Å². The zero-order valence-electron chi connectivity index (χ0n) is 15.4. The summed E-state index contributed by atoms with van der Waals surface area (Å²) in [6.07, 6.45) is -0.608. The number of nitrogens with zero attached hydrogens (tertiary/aromatic N) is 1. The molecule has 0 saturated carbocycles. The van der Waals surface area contributed by atoms with E-state index < -0.39 is 95.5 Å². The molecule has 6 N–H and O–H groups in total. The average molecular weight is 441 g/mol. The molecule has 14 nitrogen and oxygen atoms in total. The minimum atomic E-state index is -1.96. The maximum atomic E-state index is 11.9. The number of carbonyl (C=O) groups excluding carboxylic acids is 2. The smallest absolute Gasteiger partial charge is 0.338 e. The van der Waals surface area contributed by atoms with Gasteiger partial charge in [0.15, 0.2) is 5.75 Å². The summed E-state index contributed by atoms with van der Waals surface area (Å²) < 4.78 is 10.2. The molecule has 0 radical (unpaired) electrons. The molecule has 0 aliphatic carbocycles. The third kappa shape index (κ3) is 4.39. The number of aromatic nitrogens is 1. The van der Waals surface area contributed by atoms with Crippen LogP contribution in [-0.4, -0.2) is 78.1 Å². The molecule has 0 spiro atoms. The molecular formula is C17H15NO13. The number of rotatable bonds is 9. The molecule has 0 fully saturated rings. The fourth-order valence-corrected chi connectivity index (χ4v) is 2.63. The first-order chi connectivity index (χ1) is 14.5. The van der Waals surface area contributed by atoms with Crippen LogP contribution in [0.15, 0.2) is 6.20 Å². The Hall–Kier alpha value is -4.17. The summed E-state index contributed by atoms with van der Waals surface area (Å²) in [7, 11) is 0. The molecule has 2 aromatic heterocycles. The topological polar surface area (TPSA) is 230 Å². The Morgan fingerprint density at radius 3 is 1.77 bits per heavy atom. The van der Waals surface area contributed by atoms with Gasteiger partial charge in [-0.25, -0.2) is 14.4 Å². The molecule has 2 heterocycles. The molecule has 2 rings (SSSR count). The van der Waals surface area contributed by atoms with Gasteiger partial charge in [-0.15, -0.1) is 0 Å². The van der Waals surface area contributed by atoms with Gasteiger partial charge in [0.25, 0.3) is 5.88 Å². The number of aromatic hydroxyl groups is 1. The lowest BCUT2D eigenvalue weighted by Gasteiger charge is -2.11. The maximum Gasteiger partial charge on any atom is 0.338 e. The Labute approximate surface area is 171 Å². The number of ether oxygens (including phenoxy) is 2. The maximum absolute atomic E-state index is 11.9. The van der Waals surface area contributed by atoms with Crippen molar-refractivity contribution in [2.24, 2.45) is 0 Å². The van der Waals surface area contributed by atoms with Crippen LogP contribution < -0.4 is 9.47 Å². The highest BCUT2D eigenvalue weighted by atomic mass is 16.6. The highest BCUT2D eigenvalue weighted by Gasteiger charge is 2.34. The van der Waals surface area contributed by atoms with E-state index in [9.17, 15) is 44.4 Å². The first kappa shape index (κ1) is 23.1. The van der Waals surface area contributed by atoms with Gasteiger partial charge in [0.05, 0.1) is 37.2 Å². The first-order valence-corrected chi connectivity index (χ1v) is 8.32. The van der Waals surface area contributed by atoms with Crippen molar-refractivity contribution < 1.29 is 64.1 Å². The number of pyridine rings is 1. The molecule has 0 bridgehead atoms. The van der Waals surface area contributed by atoms with Gasteiger partial charge in [0.2, 0.25) is 5.75 Å². The average Bonchev–Trinajstić information content (AvgIpc) is 2.92. The SMILES string of the molecule is O=C(CCO)Oc1c(O)c2c(C(=O)O)c(C(=O)O)c(C(=O)O)cn2c1OC(=O)CCO. The molecule has 31 heavy (non-hydrogen) atoms. The minimum absolute atomic E-state index is 0.519. The number of hydrogen-bond donors (Lipinski definition) is 6. The normalized spacial score (nSPS) is 10.6. The molecule has 0 atom stereocenters. The van der Waals surface area contributed by atoms with Crippen LogP contribution in [0.5, 0.6) is 17.4 Å². The number of fused-ring (bicyclic) bond motifs is 1. The van der Waals surface area contributed by atoms with Crippen molar-refractivity contribution in [3.63, 3.8) is 0 Å². The fraction of sp³-hybridized carbons (Fsp3) is 0.235. The van der Waals surface area contributed by atoms with Crippen molar-refractivity contribution in [1.29, 1.82) is 0 Å². The van der Waals surface area contributed by atoms with Gasteiger partial charge in [-0.05, 0) is 0 Å². The van der Waals surface area contributed by atoms with Crippen LogP contribution in [0.4, 0.5) is 0 Å². The quantitative estimate of drug-likeness (QED) is 0.265. The Kier molecular flexibility index (Phi) is 6.79. The van der Waals surface area contributed by atoms with Crippen molar-refractivity contribution in [3.8, 4) is 17.4 Å². The van der Waals surface area contributed by atoms with Crippen LogP contribution in [0.25, 0.3) is 5.52 Å². The van der Waals surface area contributed by atoms with Crippen LogP contribution in [-0.2, 0) is 9.59 Å². The highest BCUT2D eigenvalue weighted by molar-refractivity contribution is 6.13. The fourth-order valence-electron chi connectivity index (χ4n) is 2.63. The van der Waals surface area contributed by atoms with Gasteiger partial charge in [-0.1, -0.05) is 0 Å². The molecule has 0 unspecified atom stereocenters. The van der Waals surface area contributed by atoms with Crippen molar-refractivity contribution in [3.05, 3.63) is 22.9 Å². The molecule has 0 aliphatic rings. The van der Waals surface area contributed by atoms with Gasteiger partial charge in [-0.3, -0.25) is 14.0 Å². The van der Waals surface area contributed by atoms with Crippen molar-refractivity contribution in [2.45, 2.75) is 12.8 Å². The van der Waals surface area contributed by atoms with E-state index in [4.69, 9.17) is 19.7 Å². The summed E-state index contributed by atoms with van der Waals surface area (Å²) in [4.78, 5) is 58.5. The second-order valence-corrected chi connectivity index (χ2v) is 5.81. The number of hydrogen-bond acceptors (Lipinski definition) is 10. The first-order valence-electron chi connectivity index (χ1n) is 8.32. The van der Waals surface area contributed by atoms with Gasteiger partial charge in [0, 0.05) is 6.20 Å². The van der Waals surface area contributed by atoms with Crippen LogP contribution in [0.2, 0.25) is 0 Å². The Bertz CT molecular complexity index is 1100. The van der Waals surface area contributed by atoms with Crippen LogP contribution in [0.1, 0.15) is 43.9 Å². The summed E-state index contributed by atoms with van der Waals surface area (Å²) in [5.74, 6) is -11.0. The van der Waals surface area contributed by atoms with Gasteiger partial charge in [0.1, 0.15) is 11.1 Å². The number of carboxylic acid groups (broad SMARTS) is 3. The van der Waals surface area contributed by atoms with Gasteiger partial charge >= 0.3 is 29.8 Å². The number of esters is 2. The van der Waals surface area contributed by atoms with Crippen LogP contribution in [0, 0.1) is 0 Å². The molecule has 2 aromatic rings. The third-order valence-corrected chi connectivity index (χ3v) is 3.82. The molecule has 14 heteroatoms.